The number of H-pyrrole nitrogens is 1. The van der Waals surface area contributed by atoms with Gasteiger partial charge in [0.05, 0.1) is 11.1 Å². The molecule has 1 aromatic carbocycles. The summed E-state index contributed by atoms with van der Waals surface area (Å²) in [5.41, 5.74) is 1.35. The quantitative estimate of drug-likeness (QED) is 0.344. The highest BCUT2D eigenvalue weighted by molar-refractivity contribution is 7.71. The van der Waals surface area contributed by atoms with Gasteiger partial charge >= 0.3 is 0 Å². The minimum Gasteiger partial charge on any atom is -0.258 e. The van der Waals surface area contributed by atoms with Crippen LogP contribution in [0.1, 0.15) is 5.56 Å². The summed E-state index contributed by atoms with van der Waals surface area (Å²) >= 11 is 5.16. The van der Waals surface area contributed by atoms with Crippen molar-refractivity contribution >= 4 is 24.1 Å². The molecular weight excluding hydrogens is 316 g/mol. The van der Waals surface area contributed by atoms with Gasteiger partial charge < -0.3 is 0 Å². The number of benzene rings is 1. The lowest BCUT2D eigenvalue weighted by molar-refractivity contribution is -0.384. The zero-order valence-electron chi connectivity index (χ0n) is 11.7. The Morgan fingerprint density at radius 1 is 1.26 bits per heavy atom. The van der Waals surface area contributed by atoms with Crippen LogP contribution in [-0.2, 0) is 0 Å². The van der Waals surface area contributed by atoms with Gasteiger partial charge in [-0.05, 0) is 42.0 Å². The minimum atomic E-state index is -0.452. The summed E-state index contributed by atoms with van der Waals surface area (Å²) in [6, 6.07) is 11.5. The maximum Gasteiger partial charge on any atom is 0.269 e. The molecule has 0 saturated carbocycles. The van der Waals surface area contributed by atoms with E-state index >= 15 is 0 Å². The normalized spacial score (nSPS) is 11.0. The van der Waals surface area contributed by atoms with Gasteiger partial charge in [0.15, 0.2) is 0 Å². The Bertz CT molecular complexity index is 914. The fraction of sp³-hybridized carbons (Fsp3) is 0. The number of pyridine rings is 1. The average molecular weight is 326 g/mol. The zero-order chi connectivity index (χ0) is 16.2. The van der Waals surface area contributed by atoms with Crippen LogP contribution >= 0.6 is 12.2 Å². The molecule has 0 fully saturated rings. The van der Waals surface area contributed by atoms with Crippen LogP contribution < -0.4 is 0 Å². The standard InChI is InChI=1S/C14H10N6O2S/c21-20(22)11-6-4-10(5-7-11)9-16-19-13(17-18-14(19)23)12-3-1-2-8-15-12/h1-9H,(H,18,23)/b16-9-. The second-order valence-electron chi connectivity index (χ2n) is 4.47. The molecule has 2 heterocycles. The molecule has 0 aliphatic rings. The van der Waals surface area contributed by atoms with E-state index in [4.69, 9.17) is 12.2 Å². The smallest absolute Gasteiger partial charge is 0.258 e. The lowest BCUT2D eigenvalue weighted by Crippen LogP contribution is -1.96. The summed E-state index contributed by atoms with van der Waals surface area (Å²) in [7, 11) is 0. The molecule has 0 radical (unpaired) electrons. The summed E-state index contributed by atoms with van der Waals surface area (Å²) in [6.45, 7) is 0. The molecule has 0 atom stereocenters. The van der Waals surface area contributed by atoms with E-state index in [1.807, 2.05) is 6.07 Å². The third-order valence-electron chi connectivity index (χ3n) is 2.97. The van der Waals surface area contributed by atoms with Crippen LogP contribution in [-0.4, -0.2) is 31.0 Å². The average Bonchev–Trinajstić information content (AvgIpc) is 2.95. The summed E-state index contributed by atoms with van der Waals surface area (Å²) in [5, 5.41) is 21.7. The number of non-ortho nitro benzene ring substituents is 1. The number of nitrogens with zero attached hydrogens (tertiary/aromatic N) is 5. The Kier molecular flexibility index (Phi) is 4.02. The van der Waals surface area contributed by atoms with E-state index in [1.165, 1.54) is 16.8 Å². The number of aromatic nitrogens is 4. The molecule has 9 heteroatoms. The first-order chi connectivity index (χ1) is 11.1. The molecule has 1 N–H and O–H groups in total. The molecule has 0 spiro atoms. The summed E-state index contributed by atoms with van der Waals surface area (Å²) in [4.78, 5) is 14.4. The van der Waals surface area contributed by atoms with Crippen LogP contribution in [0.5, 0.6) is 0 Å². The van der Waals surface area contributed by atoms with Crippen LogP contribution in [0, 0.1) is 14.9 Å². The fourth-order valence-electron chi connectivity index (χ4n) is 1.87. The summed E-state index contributed by atoms with van der Waals surface area (Å²) < 4.78 is 1.77. The molecule has 0 unspecified atom stereocenters. The molecule has 23 heavy (non-hydrogen) atoms. The van der Waals surface area contributed by atoms with E-state index in [0.29, 0.717) is 21.9 Å². The molecule has 3 aromatic rings. The van der Waals surface area contributed by atoms with Gasteiger partial charge in [0, 0.05) is 18.3 Å². The highest BCUT2D eigenvalue weighted by atomic mass is 32.1. The van der Waals surface area contributed by atoms with E-state index in [2.05, 4.69) is 20.3 Å². The van der Waals surface area contributed by atoms with Crippen LogP contribution in [0.3, 0.4) is 0 Å². The molecule has 0 bridgehead atoms. The second-order valence-corrected chi connectivity index (χ2v) is 4.86. The summed E-state index contributed by atoms with van der Waals surface area (Å²) in [6.07, 6.45) is 3.19. The highest BCUT2D eigenvalue weighted by Gasteiger charge is 2.08. The van der Waals surface area contributed by atoms with Gasteiger partial charge in [0.1, 0.15) is 5.69 Å². The van der Waals surface area contributed by atoms with Crippen LogP contribution in [0.4, 0.5) is 5.69 Å². The maximum atomic E-state index is 10.6. The number of nitro groups is 1. The topological polar surface area (TPSA) is 102 Å². The number of hydrogen-bond donors (Lipinski definition) is 1. The molecule has 0 aliphatic heterocycles. The van der Waals surface area contributed by atoms with Crippen molar-refractivity contribution in [3.05, 3.63) is 69.1 Å². The van der Waals surface area contributed by atoms with Crippen molar-refractivity contribution in [1.29, 1.82) is 0 Å². The third-order valence-corrected chi connectivity index (χ3v) is 3.23. The van der Waals surface area contributed by atoms with Gasteiger partial charge in [-0.1, -0.05) is 6.07 Å². The van der Waals surface area contributed by atoms with Crippen molar-refractivity contribution in [1.82, 2.24) is 19.9 Å². The lowest BCUT2D eigenvalue weighted by Gasteiger charge is -1.99. The van der Waals surface area contributed by atoms with Crippen molar-refractivity contribution in [2.75, 3.05) is 0 Å². The Labute approximate surface area is 135 Å². The molecule has 0 saturated heterocycles. The SMILES string of the molecule is O=[N+]([O-])c1ccc(/C=N\n2c(-c3ccccn3)n[nH]c2=S)cc1. The first-order valence-corrected chi connectivity index (χ1v) is 6.93. The summed E-state index contributed by atoms with van der Waals surface area (Å²) in [5.74, 6) is 0.480. The van der Waals surface area contributed by atoms with Crippen LogP contribution in [0.2, 0.25) is 0 Å². The predicted molar refractivity (Wildman–Crippen MR) is 86.7 cm³/mol. The Morgan fingerprint density at radius 2 is 2.04 bits per heavy atom. The number of nitro benzene ring substituents is 1. The first-order valence-electron chi connectivity index (χ1n) is 6.53. The van der Waals surface area contributed by atoms with Crippen molar-refractivity contribution in [3.63, 3.8) is 0 Å². The van der Waals surface area contributed by atoms with E-state index < -0.39 is 4.92 Å². The zero-order valence-corrected chi connectivity index (χ0v) is 12.5. The fourth-order valence-corrected chi connectivity index (χ4v) is 2.05. The lowest BCUT2D eigenvalue weighted by atomic mass is 10.2. The molecule has 0 aliphatic carbocycles. The minimum absolute atomic E-state index is 0.0243. The van der Waals surface area contributed by atoms with Gasteiger partial charge in [-0.3, -0.25) is 15.1 Å². The van der Waals surface area contributed by atoms with Gasteiger partial charge in [-0.25, -0.2) is 5.10 Å². The molecule has 2 aromatic heterocycles. The molecule has 3 rings (SSSR count). The Hall–Kier alpha value is -3.20. The monoisotopic (exact) mass is 326 g/mol. The van der Waals surface area contributed by atoms with Gasteiger partial charge in [0.2, 0.25) is 10.6 Å². The van der Waals surface area contributed by atoms with Gasteiger partial charge in [0.25, 0.3) is 5.69 Å². The molecule has 114 valence electrons. The number of nitrogens with one attached hydrogen (secondary N) is 1. The highest BCUT2D eigenvalue weighted by Crippen LogP contribution is 2.14. The Morgan fingerprint density at radius 3 is 2.70 bits per heavy atom. The van der Waals surface area contributed by atoms with Crippen molar-refractivity contribution in [3.8, 4) is 11.5 Å². The van der Waals surface area contributed by atoms with Crippen molar-refractivity contribution in [2.45, 2.75) is 0 Å². The largest absolute Gasteiger partial charge is 0.269 e. The van der Waals surface area contributed by atoms with E-state index in [1.54, 1.807) is 36.7 Å². The van der Waals surface area contributed by atoms with Crippen molar-refractivity contribution in [2.24, 2.45) is 5.10 Å². The van der Waals surface area contributed by atoms with E-state index in [9.17, 15) is 10.1 Å². The van der Waals surface area contributed by atoms with Crippen LogP contribution in [0.15, 0.2) is 53.8 Å². The maximum absolute atomic E-state index is 10.6. The van der Waals surface area contributed by atoms with Gasteiger partial charge in [-0.15, -0.1) is 0 Å². The van der Waals surface area contributed by atoms with E-state index in [0.717, 1.165) is 0 Å². The Balaban J connectivity index is 1.93. The first kappa shape index (κ1) is 14.7. The third kappa shape index (κ3) is 3.19. The second kappa shape index (κ2) is 6.28. The van der Waals surface area contributed by atoms with Crippen LogP contribution in [0.25, 0.3) is 11.5 Å². The molecule has 8 nitrogen and oxygen atoms in total. The molecular formula is C14H10N6O2S. The predicted octanol–water partition coefficient (Wildman–Crippen LogP) is 2.79. The van der Waals surface area contributed by atoms with E-state index in [-0.39, 0.29) is 5.69 Å². The molecule has 0 amide bonds. The van der Waals surface area contributed by atoms with Crippen molar-refractivity contribution < 1.29 is 4.92 Å². The number of aromatic amines is 1. The number of hydrogen-bond acceptors (Lipinski definition) is 6. The number of rotatable bonds is 4. The van der Waals surface area contributed by atoms with Gasteiger partial charge in [-0.2, -0.15) is 14.9 Å².